The summed E-state index contributed by atoms with van der Waals surface area (Å²) >= 11 is 1.79. The van der Waals surface area contributed by atoms with E-state index in [2.05, 4.69) is 18.5 Å². The molecule has 0 aliphatic heterocycles. The molecule has 0 heterocycles. The number of thioether (sulfide) groups is 1. The highest BCUT2D eigenvalue weighted by atomic mass is 32.2. The zero-order valence-electron chi connectivity index (χ0n) is 9.47. The Bertz CT molecular complexity index is 340. The highest BCUT2D eigenvalue weighted by molar-refractivity contribution is 7.98. The summed E-state index contributed by atoms with van der Waals surface area (Å²) in [6.07, 6.45) is 3.11. The molecular weight excluding hydrogens is 224 g/mol. The van der Waals surface area contributed by atoms with Crippen molar-refractivity contribution in [2.45, 2.75) is 19.4 Å². The van der Waals surface area contributed by atoms with Crippen LogP contribution in [-0.2, 0) is 0 Å². The third kappa shape index (κ3) is 3.73. The second-order valence-electron chi connectivity index (χ2n) is 3.51. The molecule has 0 aliphatic rings. The Morgan fingerprint density at radius 2 is 2.06 bits per heavy atom. The molecule has 0 fully saturated rings. The summed E-state index contributed by atoms with van der Waals surface area (Å²) in [5, 5.41) is 13.8. The monoisotopic (exact) mass is 240 g/mol. The molecule has 1 aromatic carbocycles. The van der Waals surface area contributed by atoms with Crippen molar-refractivity contribution in [3.8, 4) is 0 Å². The molecule has 0 amide bonds. The smallest absolute Gasteiger partial charge is 0.269 e. The SMILES string of the molecule is CCC(CSC)Nc1ccc([N+](=O)[O-])cc1. The number of nitro groups is 1. The maximum Gasteiger partial charge on any atom is 0.269 e. The lowest BCUT2D eigenvalue weighted by Crippen LogP contribution is -2.20. The Hall–Kier alpha value is -1.23. The van der Waals surface area contributed by atoms with Gasteiger partial charge < -0.3 is 5.32 Å². The van der Waals surface area contributed by atoms with Gasteiger partial charge in [0, 0.05) is 29.6 Å². The number of rotatable bonds is 6. The van der Waals surface area contributed by atoms with Gasteiger partial charge in [0.1, 0.15) is 0 Å². The molecule has 0 bridgehead atoms. The minimum absolute atomic E-state index is 0.128. The summed E-state index contributed by atoms with van der Waals surface area (Å²) in [5.74, 6) is 1.04. The summed E-state index contributed by atoms with van der Waals surface area (Å²) in [7, 11) is 0. The van der Waals surface area contributed by atoms with Gasteiger partial charge in [-0.3, -0.25) is 10.1 Å². The van der Waals surface area contributed by atoms with E-state index in [0.29, 0.717) is 6.04 Å². The lowest BCUT2D eigenvalue weighted by Gasteiger charge is -2.16. The Labute approximate surface area is 99.6 Å². The zero-order valence-corrected chi connectivity index (χ0v) is 10.3. The molecule has 1 atom stereocenters. The van der Waals surface area contributed by atoms with Crippen LogP contribution in [-0.4, -0.2) is 23.0 Å². The minimum atomic E-state index is -0.386. The van der Waals surface area contributed by atoms with Gasteiger partial charge in [-0.05, 0) is 24.8 Å². The lowest BCUT2D eigenvalue weighted by atomic mass is 10.2. The van der Waals surface area contributed by atoms with Gasteiger partial charge in [-0.1, -0.05) is 6.92 Å². The first-order valence-corrected chi connectivity index (χ1v) is 6.56. The van der Waals surface area contributed by atoms with Crippen LogP contribution < -0.4 is 5.32 Å². The molecule has 1 unspecified atom stereocenters. The van der Waals surface area contributed by atoms with Crippen LogP contribution in [0.15, 0.2) is 24.3 Å². The largest absolute Gasteiger partial charge is 0.381 e. The van der Waals surface area contributed by atoms with E-state index < -0.39 is 0 Å². The summed E-state index contributed by atoms with van der Waals surface area (Å²) in [5.41, 5.74) is 1.06. The number of nitrogens with one attached hydrogen (secondary N) is 1. The van der Waals surface area contributed by atoms with E-state index in [1.165, 1.54) is 12.1 Å². The quantitative estimate of drug-likeness (QED) is 0.613. The molecule has 0 saturated heterocycles. The van der Waals surface area contributed by atoms with Crippen molar-refractivity contribution in [3.63, 3.8) is 0 Å². The topological polar surface area (TPSA) is 55.2 Å². The molecule has 0 aliphatic carbocycles. The Balaban J connectivity index is 2.63. The van der Waals surface area contributed by atoms with Crippen molar-refractivity contribution in [1.82, 2.24) is 0 Å². The number of hydrogen-bond donors (Lipinski definition) is 1. The predicted molar refractivity (Wildman–Crippen MR) is 69.2 cm³/mol. The van der Waals surface area contributed by atoms with E-state index in [9.17, 15) is 10.1 Å². The first-order valence-electron chi connectivity index (χ1n) is 5.17. The molecule has 5 heteroatoms. The maximum absolute atomic E-state index is 10.5. The fourth-order valence-corrected chi connectivity index (χ4v) is 2.10. The van der Waals surface area contributed by atoms with Crippen LogP contribution in [0.4, 0.5) is 11.4 Å². The summed E-state index contributed by atoms with van der Waals surface area (Å²) < 4.78 is 0. The molecular formula is C11H16N2O2S. The van der Waals surface area contributed by atoms with Crippen molar-refractivity contribution in [2.75, 3.05) is 17.3 Å². The van der Waals surface area contributed by atoms with E-state index in [1.54, 1.807) is 23.9 Å². The van der Waals surface area contributed by atoms with Gasteiger partial charge in [-0.15, -0.1) is 0 Å². The van der Waals surface area contributed by atoms with E-state index >= 15 is 0 Å². The van der Waals surface area contributed by atoms with Gasteiger partial charge in [-0.2, -0.15) is 11.8 Å². The average Bonchev–Trinajstić information content (AvgIpc) is 2.29. The second-order valence-corrected chi connectivity index (χ2v) is 4.42. The molecule has 1 N–H and O–H groups in total. The van der Waals surface area contributed by atoms with Gasteiger partial charge in [0.15, 0.2) is 0 Å². The minimum Gasteiger partial charge on any atom is -0.381 e. The Kier molecular flexibility index (Phi) is 5.11. The number of nitro benzene ring substituents is 1. The number of hydrogen-bond acceptors (Lipinski definition) is 4. The van der Waals surface area contributed by atoms with Gasteiger partial charge >= 0.3 is 0 Å². The third-order valence-corrected chi connectivity index (χ3v) is 3.05. The first kappa shape index (κ1) is 12.8. The standard InChI is InChI=1S/C11H16N2O2S/c1-3-9(8-16-2)12-10-4-6-11(7-5-10)13(14)15/h4-7,9,12H,3,8H2,1-2H3. The summed E-state index contributed by atoms with van der Waals surface area (Å²) in [4.78, 5) is 10.1. The van der Waals surface area contributed by atoms with Crippen LogP contribution in [0.5, 0.6) is 0 Å². The molecule has 1 aromatic rings. The average molecular weight is 240 g/mol. The van der Waals surface area contributed by atoms with Crippen molar-refractivity contribution in [3.05, 3.63) is 34.4 Å². The molecule has 0 saturated carbocycles. The first-order chi connectivity index (χ1) is 7.67. The van der Waals surface area contributed by atoms with Crippen LogP contribution >= 0.6 is 11.8 Å². The second kappa shape index (κ2) is 6.37. The molecule has 88 valence electrons. The van der Waals surface area contributed by atoms with E-state index in [1.807, 2.05) is 0 Å². The maximum atomic E-state index is 10.5. The fraction of sp³-hybridized carbons (Fsp3) is 0.455. The molecule has 0 radical (unpaired) electrons. The van der Waals surface area contributed by atoms with E-state index in [0.717, 1.165) is 17.9 Å². The van der Waals surface area contributed by atoms with Gasteiger partial charge in [0.25, 0.3) is 5.69 Å². The number of anilines is 1. The van der Waals surface area contributed by atoms with Crippen molar-refractivity contribution >= 4 is 23.1 Å². The van der Waals surface area contributed by atoms with Crippen LogP contribution in [0.1, 0.15) is 13.3 Å². The molecule has 1 rings (SSSR count). The van der Waals surface area contributed by atoms with Crippen molar-refractivity contribution in [1.29, 1.82) is 0 Å². The van der Waals surface area contributed by atoms with Gasteiger partial charge in [0.05, 0.1) is 4.92 Å². The normalized spacial score (nSPS) is 12.1. The predicted octanol–water partition coefficient (Wildman–Crippen LogP) is 3.15. The van der Waals surface area contributed by atoms with E-state index in [-0.39, 0.29) is 10.6 Å². The number of non-ortho nitro benzene ring substituents is 1. The molecule has 4 nitrogen and oxygen atoms in total. The van der Waals surface area contributed by atoms with Gasteiger partial charge in [0.2, 0.25) is 0 Å². The molecule has 0 aromatic heterocycles. The van der Waals surface area contributed by atoms with E-state index in [4.69, 9.17) is 0 Å². The van der Waals surface area contributed by atoms with Crippen LogP contribution in [0, 0.1) is 10.1 Å². The number of nitrogens with zero attached hydrogens (tertiary/aromatic N) is 1. The fourth-order valence-electron chi connectivity index (χ4n) is 1.38. The lowest BCUT2D eigenvalue weighted by molar-refractivity contribution is -0.384. The number of benzene rings is 1. The summed E-state index contributed by atoms with van der Waals surface area (Å²) in [6, 6.07) is 6.96. The van der Waals surface area contributed by atoms with Crippen LogP contribution in [0.3, 0.4) is 0 Å². The van der Waals surface area contributed by atoms with Crippen LogP contribution in [0.25, 0.3) is 0 Å². The van der Waals surface area contributed by atoms with Crippen molar-refractivity contribution in [2.24, 2.45) is 0 Å². The van der Waals surface area contributed by atoms with Crippen LogP contribution in [0.2, 0.25) is 0 Å². The van der Waals surface area contributed by atoms with Crippen molar-refractivity contribution < 1.29 is 4.92 Å². The highest BCUT2D eigenvalue weighted by Crippen LogP contribution is 2.17. The third-order valence-electron chi connectivity index (χ3n) is 2.31. The van der Waals surface area contributed by atoms with Gasteiger partial charge in [-0.25, -0.2) is 0 Å². The zero-order chi connectivity index (χ0) is 12.0. The molecule has 16 heavy (non-hydrogen) atoms. The Morgan fingerprint density at radius 1 is 1.44 bits per heavy atom. The Morgan fingerprint density at radius 3 is 2.50 bits per heavy atom. The molecule has 0 spiro atoms. The summed E-state index contributed by atoms with van der Waals surface area (Å²) in [6.45, 7) is 2.12. The highest BCUT2D eigenvalue weighted by Gasteiger charge is 2.07.